The molecule has 0 atom stereocenters. The van der Waals surface area contributed by atoms with Crippen molar-refractivity contribution in [1.29, 1.82) is 0 Å². The molecule has 18 heavy (non-hydrogen) atoms. The number of hydrogen-bond acceptors (Lipinski definition) is 6. The van der Waals surface area contributed by atoms with Gasteiger partial charge in [-0.15, -0.1) is 0 Å². The van der Waals surface area contributed by atoms with E-state index >= 15 is 0 Å². The van der Waals surface area contributed by atoms with Gasteiger partial charge in [0, 0.05) is 12.2 Å². The van der Waals surface area contributed by atoms with Crippen LogP contribution in [0.5, 0.6) is 0 Å². The summed E-state index contributed by atoms with van der Waals surface area (Å²) in [4.78, 5) is 22.2. The van der Waals surface area contributed by atoms with E-state index in [0.717, 1.165) is 37.8 Å². The number of unbranched alkanes of at least 4 members (excludes halogenated alkanes) is 2. The lowest BCUT2D eigenvalue weighted by molar-refractivity contribution is -0.140. The number of nitrogens with two attached hydrogens (primary N) is 2. The van der Waals surface area contributed by atoms with Crippen LogP contribution in [0.2, 0.25) is 0 Å². The normalized spacial score (nSPS) is 10.6. The molecule has 0 aromatic rings. The first-order valence-corrected chi connectivity index (χ1v) is 6.12. The summed E-state index contributed by atoms with van der Waals surface area (Å²) in [6.45, 7) is 1.77. The molecule has 0 heterocycles. The zero-order chi connectivity index (χ0) is 13.6. The van der Waals surface area contributed by atoms with Gasteiger partial charge in [0.25, 0.3) is 0 Å². The lowest BCUT2D eigenvalue weighted by Crippen LogP contribution is -2.08. The average Bonchev–Trinajstić information content (AvgIpc) is 2.37. The summed E-state index contributed by atoms with van der Waals surface area (Å²) in [6.07, 6.45) is 5.18. The third-order valence-corrected chi connectivity index (χ3v) is 2.04. The van der Waals surface area contributed by atoms with E-state index in [0.29, 0.717) is 26.3 Å². The Bertz CT molecular complexity index is 241. The molecule has 0 saturated heterocycles. The van der Waals surface area contributed by atoms with Crippen LogP contribution < -0.4 is 11.5 Å². The SMILES string of the molecule is NCCCCOC(=O)/C=C/C(=O)OCCCCN. The van der Waals surface area contributed by atoms with Gasteiger partial charge in [-0.05, 0) is 38.8 Å². The van der Waals surface area contributed by atoms with Crippen LogP contribution in [0.15, 0.2) is 12.2 Å². The van der Waals surface area contributed by atoms with Crippen molar-refractivity contribution in [2.24, 2.45) is 11.5 Å². The first-order valence-electron chi connectivity index (χ1n) is 6.12. The molecule has 0 unspecified atom stereocenters. The summed E-state index contributed by atoms with van der Waals surface area (Å²) in [5.74, 6) is -1.10. The minimum atomic E-state index is -0.550. The molecular weight excluding hydrogens is 236 g/mol. The average molecular weight is 258 g/mol. The van der Waals surface area contributed by atoms with Crippen LogP contribution in [0.1, 0.15) is 25.7 Å². The second-order valence-corrected chi connectivity index (χ2v) is 3.66. The smallest absolute Gasteiger partial charge is 0.331 e. The van der Waals surface area contributed by atoms with Gasteiger partial charge < -0.3 is 20.9 Å². The number of rotatable bonds is 10. The van der Waals surface area contributed by atoms with E-state index < -0.39 is 11.9 Å². The van der Waals surface area contributed by atoms with Crippen molar-refractivity contribution in [3.63, 3.8) is 0 Å². The van der Waals surface area contributed by atoms with Gasteiger partial charge >= 0.3 is 11.9 Å². The summed E-state index contributed by atoms with van der Waals surface area (Å²) >= 11 is 0. The quantitative estimate of drug-likeness (QED) is 0.327. The van der Waals surface area contributed by atoms with Crippen LogP contribution in [-0.4, -0.2) is 38.2 Å². The zero-order valence-electron chi connectivity index (χ0n) is 10.6. The highest BCUT2D eigenvalue weighted by molar-refractivity contribution is 5.91. The van der Waals surface area contributed by atoms with Crippen LogP contribution in [0.3, 0.4) is 0 Å². The topological polar surface area (TPSA) is 105 Å². The molecule has 0 saturated carbocycles. The predicted octanol–water partition coefficient (Wildman–Crippen LogP) is 0.107. The van der Waals surface area contributed by atoms with Crippen molar-refractivity contribution in [3.05, 3.63) is 12.2 Å². The molecule has 0 amide bonds. The summed E-state index contributed by atoms with van der Waals surface area (Å²) in [6, 6.07) is 0. The molecule has 0 spiro atoms. The van der Waals surface area contributed by atoms with Gasteiger partial charge in [0.1, 0.15) is 0 Å². The van der Waals surface area contributed by atoms with Gasteiger partial charge in [-0.2, -0.15) is 0 Å². The summed E-state index contributed by atoms with van der Waals surface area (Å²) in [7, 11) is 0. The van der Waals surface area contributed by atoms with Crippen molar-refractivity contribution < 1.29 is 19.1 Å². The zero-order valence-corrected chi connectivity index (χ0v) is 10.6. The van der Waals surface area contributed by atoms with Crippen molar-refractivity contribution in [3.8, 4) is 0 Å². The van der Waals surface area contributed by atoms with Crippen LogP contribution in [0.25, 0.3) is 0 Å². The first kappa shape index (κ1) is 16.6. The highest BCUT2D eigenvalue weighted by Gasteiger charge is 2.00. The number of carbonyl (C=O) groups excluding carboxylic acids is 2. The second kappa shape index (κ2) is 12.1. The highest BCUT2D eigenvalue weighted by atomic mass is 16.5. The minimum absolute atomic E-state index is 0.311. The summed E-state index contributed by atoms with van der Waals surface area (Å²) < 4.78 is 9.66. The van der Waals surface area contributed by atoms with Gasteiger partial charge in [0.15, 0.2) is 0 Å². The largest absolute Gasteiger partial charge is 0.463 e. The first-order chi connectivity index (χ1) is 8.70. The van der Waals surface area contributed by atoms with E-state index in [-0.39, 0.29) is 0 Å². The maximum atomic E-state index is 11.1. The maximum Gasteiger partial charge on any atom is 0.331 e. The molecule has 0 aliphatic carbocycles. The Balaban J connectivity index is 3.58. The lowest BCUT2D eigenvalue weighted by Gasteiger charge is -2.01. The molecule has 104 valence electrons. The van der Waals surface area contributed by atoms with Gasteiger partial charge in [-0.25, -0.2) is 9.59 Å². The number of hydrogen-bond donors (Lipinski definition) is 2. The van der Waals surface area contributed by atoms with E-state index in [2.05, 4.69) is 0 Å². The number of carbonyl (C=O) groups is 2. The number of ether oxygens (including phenoxy) is 2. The van der Waals surface area contributed by atoms with Crippen LogP contribution >= 0.6 is 0 Å². The Labute approximate surface area is 107 Å². The van der Waals surface area contributed by atoms with Gasteiger partial charge in [0.05, 0.1) is 13.2 Å². The fourth-order valence-corrected chi connectivity index (χ4v) is 1.07. The van der Waals surface area contributed by atoms with E-state index in [1.165, 1.54) is 0 Å². The van der Waals surface area contributed by atoms with E-state index in [1.807, 2.05) is 0 Å². The molecule has 0 aromatic heterocycles. The third-order valence-electron chi connectivity index (χ3n) is 2.04. The van der Waals surface area contributed by atoms with Crippen molar-refractivity contribution >= 4 is 11.9 Å². The Kier molecular flexibility index (Phi) is 11.1. The van der Waals surface area contributed by atoms with E-state index in [9.17, 15) is 9.59 Å². The van der Waals surface area contributed by atoms with Crippen LogP contribution in [-0.2, 0) is 19.1 Å². The maximum absolute atomic E-state index is 11.1. The van der Waals surface area contributed by atoms with Crippen LogP contribution in [0.4, 0.5) is 0 Å². The van der Waals surface area contributed by atoms with E-state index in [4.69, 9.17) is 20.9 Å². The molecule has 0 fully saturated rings. The fourth-order valence-electron chi connectivity index (χ4n) is 1.07. The molecule has 0 aliphatic heterocycles. The number of esters is 2. The van der Waals surface area contributed by atoms with Gasteiger partial charge in [-0.1, -0.05) is 0 Å². The molecule has 0 aromatic carbocycles. The molecule has 6 heteroatoms. The standard InChI is InChI=1S/C12H22N2O4/c13-7-1-3-9-17-11(15)5-6-12(16)18-10-4-2-8-14/h5-6H,1-4,7-10,13-14H2/b6-5+. The fraction of sp³-hybridized carbons (Fsp3) is 0.667. The molecule has 0 aliphatic rings. The highest BCUT2D eigenvalue weighted by Crippen LogP contribution is 1.92. The Morgan fingerprint density at radius 1 is 0.778 bits per heavy atom. The van der Waals surface area contributed by atoms with Crippen LogP contribution in [0, 0.1) is 0 Å². The monoisotopic (exact) mass is 258 g/mol. The molecule has 0 radical (unpaired) electrons. The van der Waals surface area contributed by atoms with E-state index in [1.54, 1.807) is 0 Å². The predicted molar refractivity (Wildman–Crippen MR) is 67.6 cm³/mol. The molecule has 0 rings (SSSR count). The lowest BCUT2D eigenvalue weighted by atomic mass is 10.3. The van der Waals surface area contributed by atoms with Gasteiger partial charge in [0.2, 0.25) is 0 Å². The second-order valence-electron chi connectivity index (χ2n) is 3.66. The molecule has 0 bridgehead atoms. The Hall–Kier alpha value is -1.40. The molecular formula is C12H22N2O4. The Morgan fingerprint density at radius 3 is 1.50 bits per heavy atom. The Morgan fingerprint density at radius 2 is 1.17 bits per heavy atom. The third kappa shape index (κ3) is 11.1. The van der Waals surface area contributed by atoms with Crippen molar-refractivity contribution in [2.45, 2.75) is 25.7 Å². The minimum Gasteiger partial charge on any atom is -0.463 e. The molecule has 4 N–H and O–H groups in total. The van der Waals surface area contributed by atoms with Crippen molar-refractivity contribution in [2.75, 3.05) is 26.3 Å². The summed E-state index contributed by atoms with van der Waals surface area (Å²) in [5, 5.41) is 0. The van der Waals surface area contributed by atoms with Crippen molar-refractivity contribution in [1.82, 2.24) is 0 Å². The summed E-state index contributed by atoms with van der Waals surface area (Å²) in [5.41, 5.74) is 10.6. The van der Waals surface area contributed by atoms with Gasteiger partial charge in [-0.3, -0.25) is 0 Å². The molecule has 6 nitrogen and oxygen atoms in total.